The van der Waals surface area contributed by atoms with Crippen molar-refractivity contribution in [2.24, 2.45) is 5.92 Å². The van der Waals surface area contributed by atoms with Crippen LogP contribution in [0.3, 0.4) is 0 Å². The fraction of sp³-hybridized carbons (Fsp3) is 0.326. The molecule has 4 atom stereocenters. The van der Waals surface area contributed by atoms with E-state index in [0.29, 0.717) is 19.6 Å². The monoisotopic (exact) mass is 780 g/mol. The number of methoxy groups -OCH3 is 1. The third-order valence-corrected chi connectivity index (χ3v) is 14.4. The molecule has 6 aliphatic rings. The minimum Gasteiger partial charge on any atom is -0.466 e. The van der Waals surface area contributed by atoms with E-state index in [1.807, 2.05) is 32.1 Å². The molecular formula is C46H49FeN2O4P+2. The van der Waals surface area contributed by atoms with Gasteiger partial charge in [0.1, 0.15) is 0 Å². The predicted octanol–water partition coefficient (Wildman–Crippen LogP) is 7.69. The van der Waals surface area contributed by atoms with E-state index < -0.39 is 13.7 Å². The van der Waals surface area contributed by atoms with Gasteiger partial charge in [-0.15, -0.1) is 0 Å². The summed E-state index contributed by atoms with van der Waals surface area (Å²) in [6.45, 7) is 6.66. The fourth-order valence-corrected chi connectivity index (χ4v) is 12.2. The Hall–Kier alpha value is -2.50. The van der Waals surface area contributed by atoms with E-state index in [1.54, 1.807) is 0 Å². The molecule has 8 heteroatoms. The summed E-state index contributed by atoms with van der Waals surface area (Å²) in [5.74, 6) is 0.607. The Morgan fingerprint density at radius 1 is 0.889 bits per heavy atom. The molecule has 6 nitrogen and oxygen atoms in total. The fourth-order valence-electron chi connectivity index (χ4n) is 9.65. The van der Waals surface area contributed by atoms with Crippen LogP contribution in [0.2, 0.25) is 0 Å². The molecule has 3 heterocycles. The molecule has 3 aliphatic heterocycles. The number of para-hydroxylation sites is 1. The number of carbonyl (C=O) groups excluding carboxylic acids is 1. The van der Waals surface area contributed by atoms with Crippen LogP contribution >= 0.6 is 7.92 Å². The molecule has 0 unspecified atom stereocenters. The average Bonchev–Trinajstić information content (AvgIpc) is 4.07. The van der Waals surface area contributed by atoms with Gasteiger partial charge in [-0.2, -0.15) is 0 Å². The molecule has 4 fully saturated rings. The van der Waals surface area contributed by atoms with Crippen molar-refractivity contribution in [3.63, 3.8) is 0 Å². The summed E-state index contributed by atoms with van der Waals surface area (Å²) >= 11 is 0. The maximum Gasteiger partial charge on any atom is 2.00 e. The van der Waals surface area contributed by atoms with E-state index in [4.69, 9.17) is 14.2 Å². The third kappa shape index (κ3) is 7.28. The van der Waals surface area contributed by atoms with Gasteiger partial charge in [0.2, 0.25) is 0 Å². The first-order valence-corrected chi connectivity index (χ1v) is 20.4. The normalized spacial score (nSPS) is 26.7. The molecule has 0 bridgehead atoms. The number of nitrogens with zero attached hydrogens (tertiary/aromatic N) is 1. The first kappa shape index (κ1) is 39.7. The van der Waals surface area contributed by atoms with E-state index in [2.05, 4.69) is 128 Å². The molecule has 9 rings (SSSR count). The number of rotatable bonds is 9. The molecule has 1 spiro atoms. The van der Waals surface area contributed by atoms with Gasteiger partial charge in [-0.3, -0.25) is 4.90 Å². The topological polar surface area (TPSA) is 60.0 Å². The quantitative estimate of drug-likeness (QED) is 0.137. The van der Waals surface area contributed by atoms with Crippen molar-refractivity contribution in [2.45, 2.75) is 62.8 Å². The van der Waals surface area contributed by atoms with Gasteiger partial charge >= 0.3 is 23.0 Å². The van der Waals surface area contributed by atoms with Gasteiger partial charge in [0.25, 0.3) is 0 Å². The SMILES string of the molecule is CCC1(C[C@@H]2CC(C(=O)OC)=C3Nc4ccccc4[C@@]34CCN([C@H](C)[C]3[CH][CH][CH][C]3P(c3ccccc3)c3ccccc3)[C@@H]24)OCCO1.[CH]1[CH][CH][CH][CH]1.[Fe+2]. The molecule has 1 N–H and O–H groups in total. The van der Waals surface area contributed by atoms with E-state index in [0.717, 1.165) is 42.8 Å². The van der Waals surface area contributed by atoms with Crippen molar-refractivity contribution in [3.8, 4) is 0 Å². The Bertz CT molecular complexity index is 1700. The van der Waals surface area contributed by atoms with E-state index in [9.17, 15) is 4.79 Å². The van der Waals surface area contributed by atoms with E-state index in [-0.39, 0.29) is 46.5 Å². The standard InChI is InChI=1S/C41H44N2O4P.C5H5.Fe/c1-4-40(46-24-25-47-40)27-29-26-33(39(44)45-3)37-41(34-19-11-12-20-35(34)42-37)22-23-43(38(29)41)28(2)32-18-13-21-36(32)48(30-14-7-5-8-15-30)31-16-9-6-10-17-31;1-2-4-5-3-1;/h5-21,28-29,38,42H,4,22-27H2,1-3H3;1-5H;/q;;+2/t28-,29+,38+,41+;;/m1../s1. The predicted molar refractivity (Wildman–Crippen MR) is 213 cm³/mol. The molecule has 0 amide bonds. The van der Waals surface area contributed by atoms with E-state index in [1.165, 1.54) is 34.9 Å². The first-order valence-electron chi connectivity index (χ1n) is 19.0. The second-order valence-corrected chi connectivity index (χ2v) is 16.7. The van der Waals surface area contributed by atoms with Crippen LogP contribution < -0.4 is 15.9 Å². The number of benzene rings is 3. The van der Waals surface area contributed by atoms with Crippen LogP contribution in [0.1, 0.15) is 45.1 Å². The Balaban J connectivity index is 0.000000695. The molecule has 10 radical (unpaired) electrons. The van der Waals surface area contributed by atoms with Crippen molar-refractivity contribution < 1.29 is 36.1 Å². The second kappa shape index (κ2) is 17.3. The number of anilines is 1. The smallest absolute Gasteiger partial charge is 0.466 e. The van der Waals surface area contributed by atoms with Crippen LogP contribution in [0, 0.1) is 68.9 Å². The number of likely N-dealkylation sites (tertiary alicyclic amines) is 1. The molecule has 0 aromatic heterocycles. The zero-order valence-electron chi connectivity index (χ0n) is 31.3. The molecule has 2 saturated carbocycles. The summed E-state index contributed by atoms with van der Waals surface area (Å²) in [4.78, 5) is 16.3. The number of nitrogens with one attached hydrogen (secondary N) is 1. The summed E-state index contributed by atoms with van der Waals surface area (Å²) in [5, 5.41) is 6.47. The molecule has 3 aromatic rings. The second-order valence-electron chi connectivity index (χ2n) is 14.6. The Morgan fingerprint density at radius 2 is 1.50 bits per heavy atom. The Morgan fingerprint density at radius 3 is 2.11 bits per heavy atom. The maximum atomic E-state index is 13.6. The minimum atomic E-state index is -0.751. The number of esters is 1. The minimum absolute atomic E-state index is 0. The number of ether oxygens (including phenoxy) is 3. The van der Waals surface area contributed by atoms with Crippen LogP contribution in [0.25, 0.3) is 0 Å². The van der Waals surface area contributed by atoms with Gasteiger partial charge < -0.3 is 19.5 Å². The summed E-state index contributed by atoms with van der Waals surface area (Å²) < 4.78 is 18.2. The Kier molecular flexibility index (Phi) is 12.7. The zero-order chi connectivity index (χ0) is 36.4. The Labute approximate surface area is 335 Å². The van der Waals surface area contributed by atoms with Gasteiger partial charge in [0.05, 0.1) is 31.3 Å². The number of hydrogen-bond donors (Lipinski definition) is 1. The van der Waals surface area contributed by atoms with Crippen molar-refractivity contribution in [1.29, 1.82) is 0 Å². The van der Waals surface area contributed by atoms with Crippen molar-refractivity contribution in [2.75, 3.05) is 32.2 Å². The summed E-state index contributed by atoms with van der Waals surface area (Å²) in [7, 11) is 0.749. The first-order chi connectivity index (χ1) is 26.0. The molecule has 3 aliphatic carbocycles. The van der Waals surface area contributed by atoms with Gasteiger partial charge in [-0.1, -0.05) is 85.8 Å². The van der Waals surface area contributed by atoms with Crippen molar-refractivity contribution in [1.82, 2.24) is 4.90 Å². The van der Waals surface area contributed by atoms with Crippen LogP contribution in [0.4, 0.5) is 5.69 Å². The van der Waals surface area contributed by atoms with Gasteiger partial charge in [-0.05, 0) is 114 Å². The van der Waals surface area contributed by atoms with Crippen LogP contribution in [-0.2, 0) is 41.5 Å². The molecule has 2 saturated heterocycles. The van der Waals surface area contributed by atoms with Crippen molar-refractivity contribution >= 4 is 30.2 Å². The molecular weight excluding hydrogens is 731 g/mol. The molecule has 54 heavy (non-hydrogen) atoms. The van der Waals surface area contributed by atoms with E-state index >= 15 is 0 Å². The van der Waals surface area contributed by atoms with Gasteiger partial charge in [-0.25, -0.2) is 4.79 Å². The summed E-state index contributed by atoms with van der Waals surface area (Å²) in [6, 6.07) is 30.9. The summed E-state index contributed by atoms with van der Waals surface area (Å²) in [6.07, 6.45) is 20.0. The van der Waals surface area contributed by atoms with Gasteiger partial charge in [0.15, 0.2) is 5.79 Å². The summed E-state index contributed by atoms with van der Waals surface area (Å²) in [5.41, 5.74) is 5.22. The third-order valence-electron chi connectivity index (χ3n) is 11.9. The molecule has 278 valence electrons. The van der Waals surface area contributed by atoms with Crippen molar-refractivity contribution in [3.05, 3.63) is 165 Å². The number of hydrogen-bond acceptors (Lipinski definition) is 6. The number of fused-ring (bicyclic) bond motifs is 1. The number of carbonyl (C=O) groups is 1. The van der Waals surface area contributed by atoms with Crippen LogP contribution in [0.15, 0.2) is 96.2 Å². The maximum absolute atomic E-state index is 13.6. The molecule has 3 aromatic carbocycles. The van der Waals surface area contributed by atoms with Crippen LogP contribution in [0.5, 0.6) is 0 Å². The van der Waals surface area contributed by atoms with Crippen LogP contribution in [-0.4, -0.2) is 55.6 Å². The van der Waals surface area contributed by atoms with Gasteiger partial charge in [0, 0.05) is 48.0 Å². The largest absolute Gasteiger partial charge is 2.00 e. The average molecular weight is 781 g/mol. The zero-order valence-corrected chi connectivity index (χ0v) is 33.3.